The largest absolute Gasteiger partial charge is 0.586 e. The van der Waals surface area contributed by atoms with Gasteiger partial charge >= 0.3 is 6.29 Å². The van der Waals surface area contributed by atoms with Crippen LogP contribution in [-0.4, -0.2) is 12.8 Å². The molecular weight excluding hydrogens is 232 g/mol. The lowest BCUT2D eigenvalue weighted by Gasteiger charge is -2.04. The number of ether oxygens (including phenoxy) is 2. The molecule has 86 valence electrons. The molecule has 7 heteroatoms. The Morgan fingerprint density at radius 1 is 1.35 bits per heavy atom. The molecule has 0 fully saturated rings. The molecule has 0 amide bonds. The Morgan fingerprint density at radius 2 is 2.12 bits per heavy atom. The predicted octanol–water partition coefficient (Wildman–Crippen LogP) is 2.67. The quantitative estimate of drug-likeness (QED) is 0.326. The molecular formula is C10H5F2N3O2. The normalized spacial score (nSPS) is 14.5. The lowest BCUT2D eigenvalue weighted by atomic mass is 10.2. The maximum absolute atomic E-state index is 12.7. The van der Waals surface area contributed by atoms with Crippen LogP contribution in [0.25, 0.3) is 10.4 Å². The lowest BCUT2D eigenvalue weighted by molar-refractivity contribution is -0.286. The molecule has 17 heavy (non-hydrogen) atoms. The van der Waals surface area contributed by atoms with Gasteiger partial charge in [-0.15, -0.1) is 8.78 Å². The summed E-state index contributed by atoms with van der Waals surface area (Å²) in [5.74, 6) is 5.11. The van der Waals surface area contributed by atoms with Gasteiger partial charge in [-0.3, -0.25) is 0 Å². The smallest absolute Gasteiger partial charge is 0.395 e. The zero-order chi connectivity index (χ0) is 12.3. The Bertz CT molecular complexity index is 556. The van der Waals surface area contributed by atoms with Gasteiger partial charge in [0.2, 0.25) is 0 Å². The third-order valence-electron chi connectivity index (χ3n) is 1.85. The molecule has 0 spiro atoms. The zero-order valence-corrected chi connectivity index (χ0v) is 8.35. The van der Waals surface area contributed by atoms with Gasteiger partial charge in [0.05, 0.1) is 6.54 Å². The van der Waals surface area contributed by atoms with E-state index >= 15 is 0 Å². The number of azide groups is 1. The molecule has 0 aromatic heterocycles. The van der Waals surface area contributed by atoms with Gasteiger partial charge in [0.1, 0.15) is 0 Å². The number of rotatable bonds is 1. The summed E-state index contributed by atoms with van der Waals surface area (Å²) < 4.78 is 33.8. The van der Waals surface area contributed by atoms with Crippen LogP contribution in [0.4, 0.5) is 8.78 Å². The SMILES string of the molecule is [N-]=[N+]=NCC#Cc1ccc2c(c1)OC(F)(F)O2. The molecule has 0 radical (unpaired) electrons. The van der Waals surface area contributed by atoms with Crippen LogP contribution < -0.4 is 9.47 Å². The van der Waals surface area contributed by atoms with Crippen molar-refractivity contribution in [3.05, 3.63) is 34.2 Å². The van der Waals surface area contributed by atoms with Gasteiger partial charge in [-0.25, -0.2) is 0 Å². The predicted molar refractivity (Wildman–Crippen MR) is 53.5 cm³/mol. The molecule has 1 heterocycles. The Morgan fingerprint density at radius 3 is 2.88 bits per heavy atom. The highest BCUT2D eigenvalue weighted by molar-refractivity contribution is 5.49. The van der Waals surface area contributed by atoms with Crippen molar-refractivity contribution in [3.8, 4) is 23.3 Å². The number of hydrogen-bond donors (Lipinski definition) is 0. The highest BCUT2D eigenvalue weighted by Gasteiger charge is 2.43. The molecule has 5 nitrogen and oxygen atoms in total. The van der Waals surface area contributed by atoms with Gasteiger partial charge in [-0.1, -0.05) is 17.0 Å². The second-order valence-electron chi connectivity index (χ2n) is 3.02. The first-order chi connectivity index (χ1) is 8.11. The molecule has 0 bridgehead atoms. The van der Waals surface area contributed by atoms with Crippen molar-refractivity contribution in [2.45, 2.75) is 6.29 Å². The van der Waals surface area contributed by atoms with Gasteiger partial charge < -0.3 is 9.47 Å². The summed E-state index contributed by atoms with van der Waals surface area (Å²) in [5.41, 5.74) is 8.49. The van der Waals surface area contributed by atoms with Crippen molar-refractivity contribution < 1.29 is 18.3 Å². The van der Waals surface area contributed by atoms with Gasteiger partial charge in [-0.05, 0) is 17.7 Å². The van der Waals surface area contributed by atoms with E-state index in [0.717, 1.165) is 0 Å². The highest BCUT2D eigenvalue weighted by Crippen LogP contribution is 2.40. The number of benzene rings is 1. The van der Waals surface area contributed by atoms with E-state index in [-0.39, 0.29) is 18.0 Å². The lowest BCUT2D eigenvalue weighted by Crippen LogP contribution is -2.25. The standard InChI is InChI=1S/C10H5F2N3O2/c11-10(12)16-8-4-3-7(6-9(8)17-10)2-1-5-14-15-13/h3-4,6H,5H2. The molecule has 1 aromatic carbocycles. The Kier molecular flexibility index (Phi) is 2.73. The fourth-order valence-electron chi connectivity index (χ4n) is 1.24. The maximum atomic E-state index is 12.7. The van der Waals surface area contributed by atoms with Crippen LogP contribution in [0, 0.1) is 11.8 Å². The number of alkyl halides is 2. The molecule has 1 aliphatic heterocycles. The highest BCUT2D eigenvalue weighted by atomic mass is 19.3. The first-order valence-corrected chi connectivity index (χ1v) is 4.50. The summed E-state index contributed by atoms with van der Waals surface area (Å²) in [6.45, 7) is 0.0150. The maximum Gasteiger partial charge on any atom is 0.586 e. The summed E-state index contributed by atoms with van der Waals surface area (Å²) >= 11 is 0. The van der Waals surface area contributed by atoms with Gasteiger partial charge in [0.15, 0.2) is 11.5 Å². The van der Waals surface area contributed by atoms with E-state index in [2.05, 4.69) is 31.3 Å². The van der Waals surface area contributed by atoms with Gasteiger partial charge in [-0.2, -0.15) is 0 Å². The van der Waals surface area contributed by atoms with Crippen LogP contribution in [-0.2, 0) is 0 Å². The topological polar surface area (TPSA) is 67.2 Å². The molecule has 0 saturated carbocycles. The minimum atomic E-state index is -3.63. The molecule has 0 saturated heterocycles. The number of fused-ring (bicyclic) bond motifs is 1. The number of halogens is 2. The van der Waals surface area contributed by atoms with Crippen molar-refractivity contribution in [1.29, 1.82) is 0 Å². The van der Waals surface area contributed by atoms with Crippen LogP contribution in [0.3, 0.4) is 0 Å². The first-order valence-electron chi connectivity index (χ1n) is 4.50. The fraction of sp³-hybridized carbons (Fsp3) is 0.200. The van der Waals surface area contributed by atoms with Crippen LogP contribution in [0.15, 0.2) is 23.3 Å². The zero-order valence-electron chi connectivity index (χ0n) is 8.35. The monoisotopic (exact) mass is 237 g/mol. The Hall–Kier alpha value is -2.45. The van der Waals surface area contributed by atoms with Gasteiger partial charge in [0, 0.05) is 16.5 Å². The third-order valence-corrected chi connectivity index (χ3v) is 1.85. The van der Waals surface area contributed by atoms with E-state index in [0.29, 0.717) is 5.56 Å². The molecule has 0 aliphatic carbocycles. The molecule has 1 aromatic rings. The average molecular weight is 237 g/mol. The van der Waals surface area contributed by atoms with Crippen LogP contribution in [0.2, 0.25) is 0 Å². The van der Waals surface area contributed by atoms with Crippen LogP contribution in [0.5, 0.6) is 11.5 Å². The first kappa shape index (κ1) is 11.0. The van der Waals surface area contributed by atoms with Crippen molar-refractivity contribution in [1.82, 2.24) is 0 Å². The second kappa shape index (κ2) is 4.20. The van der Waals surface area contributed by atoms with E-state index in [4.69, 9.17) is 5.53 Å². The summed E-state index contributed by atoms with van der Waals surface area (Å²) in [5, 5.41) is 3.21. The molecule has 2 rings (SSSR count). The minimum absolute atomic E-state index is 0.0150. The second-order valence-corrected chi connectivity index (χ2v) is 3.02. The average Bonchev–Trinajstić information content (AvgIpc) is 2.57. The Balaban J connectivity index is 2.18. The minimum Gasteiger partial charge on any atom is -0.395 e. The summed E-state index contributed by atoms with van der Waals surface area (Å²) in [6, 6.07) is 4.18. The van der Waals surface area contributed by atoms with Gasteiger partial charge in [0.25, 0.3) is 0 Å². The van der Waals surface area contributed by atoms with E-state index in [1.807, 2.05) is 0 Å². The van der Waals surface area contributed by atoms with Crippen molar-refractivity contribution in [2.24, 2.45) is 5.11 Å². The molecule has 0 atom stereocenters. The van der Waals surface area contributed by atoms with E-state index in [9.17, 15) is 8.78 Å². The fourth-order valence-corrected chi connectivity index (χ4v) is 1.24. The van der Waals surface area contributed by atoms with E-state index in [1.165, 1.54) is 18.2 Å². The van der Waals surface area contributed by atoms with Crippen molar-refractivity contribution >= 4 is 0 Å². The third kappa shape index (κ3) is 2.56. The molecule has 0 unspecified atom stereocenters. The number of hydrogen-bond acceptors (Lipinski definition) is 3. The van der Waals surface area contributed by atoms with Crippen LogP contribution in [0.1, 0.15) is 5.56 Å². The number of nitrogens with zero attached hydrogens (tertiary/aromatic N) is 3. The van der Waals surface area contributed by atoms with E-state index in [1.54, 1.807) is 0 Å². The summed E-state index contributed by atoms with van der Waals surface area (Å²) in [4.78, 5) is 2.52. The summed E-state index contributed by atoms with van der Waals surface area (Å²) in [6.07, 6.45) is -3.63. The molecule has 0 N–H and O–H groups in total. The van der Waals surface area contributed by atoms with Crippen LogP contribution >= 0.6 is 0 Å². The Labute approximate surface area is 94.6 Å². The summed E-state index contributed by atoms with van der Waals surface area (Å²) in [7, 11) is 0. The van der Waals surface area contributed by atoms with E-state index < -0.39 is 6.29 Å². The van der Waals surface area contributed by atoms with Crippen molar-refractivity contribution in [3.63, 3.8) is 0 Å². The van der Waals surface area contributed by atoms with Crippen molar-refractivity contribution in [2.75, 3.05) is 6.54 Å². The molecule has 1 aliphatic rings.